The van der Waals surface area contributed by atoms with Crippen molar-refractivity contribution in [3.05, 3.63) is 12.2 Å². The molecule has 2 aliphatic carbocycles. The van der Waals surface area contributed by atoms with Gasteiger partial charge in [-0.25, -0.2) is 4.98 Å². The predicted octanol–water partition coefficient (Wildman–Crippen LogP) is 1.67. The van der Waals surface area contributed by atoms with Crippen LogP contribution in [0.4, 0.5) is 0 Å². The van der Waals surface area contributed by atoms with E-state index >= 15 is 0 Å². The summed E-state index contributed by atoms with van der Waals surface area (Å²) in [6.45, 7) is 4.01. The number of H-pyrrole nitrogens is 1. The molecule has 0 radical (unpaired) electrons. The second-order valence-electron chi connectivity index (χ2n) is 5.81. The fourth-order valence-electron chi connectivity index (χ4n) is 3.61. The molecule has 1 heterocycles. The second kappa shape index (κ2) is 5.59. The van der Waals surface area contributed by atoms with Gasteiger partial charge in [-0.1, -0.05) is 6.42 Å². The minimum atomic E-state index is 0.474. The Kier molecular flexibility index (Phi) is 3.84. The third-order valence-electron chi connectivity index (χ3n) is 4.88. The highest BCUT2D eigenvalue weighted by molar-refractivity contribution is 5.12. The molecule has 2 aliphatic rings. The van der Waals surface area contributed by atoms with E-state index in [0.717, 1.165) is 31.8 Å². The van der Waals surface area contributed by atoms with Crippen molar-refractivity contribution in [1.29, 1.82) is 0 Å². The smallest absolute Gasteiger partial charge is 0.137 e. The highest BCUT2D eigenvalue weighted by Crippen LogP contribution is 2.57. The number of ether oxygens (including phenoxy) is 1. The van der Waals surface area contributed by atoms with Crippen LogP contribution in [0.5, 0.6) is 0 Å². The molecule has 106 valence electrons. The topological polar surface area (TPSA) is 62.8 Å². The lowest BCUT2D eigenvalue weighted by Crippen LogP contribution is -2.66. The van der Waals surface area contributed by atoms with Crippen molar-refractivity contribution >= 4 is 0 Å². The van der Waals surface area contributed by atoms with Crippen molar-refractivity contribution in [3.63, 3.8) is 0 Å². The Morgan fingerprint density at radius 3 is 3.05 bits per heavy atom. The fourth-order valence-corrected chi connectivity index (χ4v) is 3.61. The average Bonchev–Trinajstić information content (AvgIpc) is 2.82. The van der Waals surface area contributed by atoms with E-state index in [0.29, 0.717) is 17.6 Å². The van der Waals surface area contributed by atoms with E-state index in [-0.39, 0.29) is 0 Å². The second-order valence-corrected chi connectivity index (χ2v) is 5.81. The molecule has 2 unspecified atom stereocenters. The van der Waals surface area contributed by atoms with E-state index < -0.39 is 0 Å². The summed E-state index contributed by atoms with van der Waals surface area (Å²) in [6, 6.07) is 0.674. The van der Waals surface area contributed by atoms with Crippen LogP contribution in [0.15, 0.2) is 6.33 Å². The summed E-state index contributed by atoms with van der Waals surface area (Å²) in [4.78, 5) is 4.14. The molecule has 3 rings (SSSR count). The summed E-state index contributed by atoms with van der Waals surface area (Å²) in [5.41, 5.74) is 0.474. The number of hydrogen-bond acceptors (Lipinski definition) is 4. The molecule has 0 aromatic carbocycles. The van der Waals surface area contributed by atoms with Gasteiger partial charge in [-0.15, -0.1) is 0 Å². The van der Waals surface area contributed by atoms with Gasteiger partial charge < -0.3 is 10.1 Å². The van der Waals surface area contributed by atoms with Crippen LogP contribution < -0.4 is 5.32 Å². The summed E-state index contributed by atoms with van der Waals surface area (Å²) in [6.07, 6.45) is 9.43. The highest BCUT2D eigenvalue weighted by atomic mass is 16.5. The van der Waals surface area contributed by atoms with Crippen molar-refractivity contribution in [3.8, 4) is 0 Å². The Labute approximate surface area is 114 Å². The SMILES string of the molecule is CCOC1CC(NCCCc2ncn[nH]2)C12CCC2. The Balaban J connectivity index is 1.39. The van der Waals surface area contributed by atoms with E-state index in [1.165, 1.54) is 25.7 Å². The molecular formula is C14H24N4O. The van der Waals surface area contributed by atoms with Gasteiger partial charge >= 0.3 is 0 Å². The minimum Gasteiger partial charge on any atom is -0.378 e. The Morgan fingerprint density at radius 2 is 2.42 bits per heavy atom. The summed E-state index contributed by atoms with van der Waals surface area (Å²) in [5.74, 6) is 0.987. The molecule has 0 bridgehead atoms. The minimum absolute atomic E-state index is 0.474. The fraction of sp³-hybridized carbons (Fsp3) is 0.857. The van der Waals surface area contributed by atoms with E-state index in [4.69, 9.17) is 4.74 Å². The van der Waals surface area contributed by atoms with Crippen LogP contribution in [0, 0.1) is 5.41 Å². The summed E-state index contributed by atoms with van der Waals surface area (Å²) < 4.78 is 5.87. The molecule has 2 N–H and O–H groups in total. The van der Waals surface area contributed by atoms with Crippen LogP contribution in [0.25, 0.3) is 0 Å². The van der Waals surface area contributed by atoms with Crippen LogP contribution in [0.2, 0.25) is 0 Å². The lowest BCUT2D eigenvalue weighted by Gasteiger charge is -2.61. The van der Waals surface area contributed by atoms with E-state index in [1.54, 1.807) is 6.33 Å². The van der Waals surface area contributed by atoms with Crippen LogP contribution in [-0.4, -0.2) is 40.5 Å². The maximum atomic E-state index is 5.87. The molecule has 2 atom stereocenters. The first-order valence-electron chi connectivity index (χ1n) is 7.54. The van der Waals surface area contributed by atoms with Gasteiger partial charge in [0.2, 0.25) is 0 Å². The standard InChI is InChI=1S/C14H24N4O/c1-2-19-12-9-11(14(12)6-4-7-14)15-8-3-5-13-16-10-17-18-13/h10-12,15H,2-9H2,1H3,(H,16,17,18). The Morgan fingerprint density at radius 1 is 1.53 bits per heavy atom. The Hall–Kier alpha value is -0.940. The number of rotatable bonds is 7. The first-order chi connectivity index (χ1) is 9.35. The van der Waals surface area contributed by atoms with Crippen molar-refractivity contribution in [1.82, 2.24) is 20.5 Å². The summed E-state index contributed by atoms with van der Waals surface area (Å²) in [7, 11) is 0. The zero-order valence-corrected chi connectivity index (χ0v) is 11.7. The first kappa shape index (κ1) is 13.1. The molecule has 1 aromatic heterocycles. The zero-order valence-electron chi connectivity index (χ0n) is 11.7. The van der Waals surface area contributed by atoms with Gasteiger partial charge in [0.25, 0.3) is 0 Å². The summed E-state index contributed by atoms with van der Waals surface area (Å²) in [5, 5.41) is 10.5. The number of nitrogens with one attached hydrogen (secondary N) is 2. The number of aromatic nitrogens is 3. The van der Waals surface area contributed by atoms with Crippen LogP contribution in [0.3, 0.4) is 0 Å². The van der Waals surface area contributed by atoms with E-state index in [9.17, 15) is 0 Å². The summed E-state index contributed by atoms with van der Waals surface area (Å²) >= 11 is 0. The monoisotopic (exact) mass is 264 g/mol. The van der Waals surface area contributed by atoms with Gasteiger partial charge in [-0.05, 0) is 39.2 Å². The van der Waals surface area contributed by atoms with E-state index in [2.05, 4.69) is 27.4 Å². The third kappa shape index (κ3) is 2.41. The molecule has 5 nitrogen and oxygen atoms in total. The molecule has 0 saturated heterocycles. The number of hydrogen-bond donors (Lipinski definition) is 2. The third-order valence-corrected chi connectivity index (χ3v) is 4.88. The molecule has 1 spiro atoms. The Bertz CT molecular complexity index is 388. The van der Waals surface area contributed by atoms with Crippen molar-refractivity contribution < 1.29 is 4.74 Å². The van der Waals surface area contributed by atoms with Gasteiger partial charge in [0.05, 0.1) is 6.10 Å². The normalized spacial score (nSPS) is 28.1. The molecule has 0 aliphatic heterocycles. The maximum absolute atomic E-state index is 5.87. The first-order valence-corrected chi connectivity index (χ1v) is 7.54. The molecule has 19 heavy (non-hydrogen) atoms. The van der Waals surface area contributed by atoms with Crippen LogP contribution in [0.1, 0.15) is 44.9 Å². The zero-order chi connectivity index (χ0) is 13.1. The average molecular weight is 264 g/mol. The number of nitrogens with zero attached hydrogens (tertiary/aromatic N) is 2. The highest BCUT2D eigenvalue weighted by Gasteiger charge is 2.58. The molecule has 5 heteroatoms. The van der Waals surface area contributed by atoms with Crippen molar-refractivity contribution in [2.45, 2.75) is 57.6 Å². The molecule has 2 saturated carbocycles. The van der Waals surface area contributed by atoms with Gasteiger partial charge in [-0.3, -0.25) is 5.10 Å². The predicted molar refractivity (Wildman–Crippen MR) is 72.8 cm³/mol. The molecular weight excluding hydrogens is 240 g/mol. The van der Waals surface area contributed by atoms with Gasteiger partial charge in [0.15, 0.2) is 0 Å². The van der Waals surface area contributed by atoms with Gasteiger partial charge in [0, 0.05) is 24.5 Å². The largest absolute Gasteiger partial charge is 0.378 e. The number of aromatic amines is 1. The molecule has 1 aromatic rings. The maximum Gasteiger partial charge on any atom is 0.137 e. The van der Waals surface area contributed by atoms with Crippen molar-refractivity contribution in [2.75, 3.05) is 13.2 Å². The number of aryl methyl sites for hydroxylation is 1. The lowest BCUT2D eigenvalue weighted by atomic mass is 9.51. The van der Waals surface area contributed by atoms with Gasteiger partial charge in [0.1, 0.15) is 12.2 Å². The van der Waals surface area contributed by atoms with Gasteiger partial charge in [-0.2, -0.15) is 5.10 Å². The van der Waals surface area contributed by atoms with E-state index in [1.807, 2.05) is 0 Å². The van der Waals surface area contributed by atoms with Crippen LogP contribution >= 0.6 is 0 Å². The quantitative estimate of drug-likeness (QED) is 0.735. The van der Waals surface area contributed by atoms with Crippen LogP contribution in [-0.2, 0) is 11.2 Å². The lowest BCUT2D eigenvalue weighted by molar-refractivity contribution is -0.172. The van der Waals surface area contributed by atoms with Crippen molar-refractivity contribution in [2.24, 2.45) is 5.41 Å². The molecule has 0 amide bonds. The molecule has 2 fully saturated rings.